The van der Waals surface area contributed by atoms with E-state index >= 15 is 0 Å². The SMILES string of the molecule is N#CN1C2C=CC(CC2)N1c1ccc(NC(=O)c2ccccc2)cc1. The highest BCUT2D eigenvalue weighted by atomic mass is 16.1. The van der Waals surface area contributed by atoms with Crippen LogP contribution in [0.1, 0.15) is 23.2 Å². The fourth-order valence-electron chi connectivity index (χ4n) is 3.45. The lowest BCUT2D eigenvalue weighted by Crippen LogP contribution is -2.57. The highest BCUT2D eigenvalue weighted by molar-refractivity contribution is 6.04. The molecule has 2 aromatic carbocycles. The van der Waals surface area contributed by atoms with E-state index in [1.165, 1.54) is 0 Å². The molecule has 124 valence electrons. The number of nitrogens with one attached hydrogen (secondary N) is 1. The Hall–Kier alpha value is -3.26. The van der Waals surface area contributed by atoms with Crippen LogP contribution < -0.4 is 10.3 Å². The molecule has 3 aliphatic rings. The summed E-state index contributed by atoms with van der Waals surface area (Å²) in [6, 6.07) is 17.1. The van der Waals surface area contributed by atoms with Gasteiger partial charge in [0.25, 0.3) is 5.91 Å². The Morgan fingerprint density at radius 3 is 2.32 bits per heavy atom. The molecular formula is C20H18N4O. The number of nitriles is 1. The van der Waals surface area contributed by atoms with E-state index in [4.69, 9.17) is 0 Å². The maximum absolute atomic E-state index is 12.2. The summed E-state index contributed by atoms with van der Waals surface area (Å²) in [5, 5.41) is 16.2. The lowest BCUT2D eigenvalue weighted by molar-refractivity contribution is 0.102. The summed E-state index contributed by atoms with van der Waals surface area (Å²) < 4.78 is 0. The summed E-state index contributed by atoms with van der Waals surface area (Å²) in [7, 11) is 0. The Bertz CT molecular complexity index is 838. The number of nitrogens with zero attached hydrogens (tertiary/aromatic N) is 3. The highest BCUT2D eigenvalue weighted by Gasteiger charge is 2.36. The normalized spacial score (nSPS) is 21.1. The van der Waals surface area contributed by atoms with E-state index in [1.807, 2.05) is 47.5 Å². The molecule has 5 nitrogen and oxygen atoms in total. The molecule has 2 aliphatic heterocycles. The number of carbonyl (C=O) groups is 1. The number of hydrogen-bond donors (Lipinski definition) is 1. The summed E-state index contributed by atoms with van der Waals surface area (Å²) in [6.45, 7) is 0. The first-order chi connectivity index (χ1) is 12.3. The Balaban J connectivity index is 1.52. The molecule has 2 unspecified atom stereocenters. The maximum Gasteiger partial charge on any atom is 0.255 e. The molecule has 0 saturated carbocycles. The van der Waals surface area contributed by atoms with Crippen LogP contribution in [0.25, 0.3) is 0 Å². The van der Waals surface area contributed by atoms with Crippen LogP contribution in [-0.2, 0) is 0 Å². The van der Waals surface area contributed by atoms with Crippen molar-refractivity contribution in [2.75, 3.05) is 10.3 Å². The van der Waals surface area contributed by atoms with Crippen molar-refractivity contribution in [3.8, 4) is 6.19 Å². The Kier molecular flexibility index (Phi) is 3.87. The minimum absolute atomic E-state index is 0.132. The number of hydrogen-bond acceptors (Lipinski definition) is 4. The van der Waals surface area contributed by atoms with Gasteiger partial charge in [0.1, 0.15) is 0 Å². The zero-order chi connectivity index (χ0) is 17.2. The number of fused-ring (bicyclic) bond motifs is 2. The van der Waals surface area contributed by atoms with Gasteiger partial charge in [0.15, 0.2) is 0 Å². The van der Waals surface area contributed by atoms with E-state index < -0.39 is 0 Å². The van der Waals surface area contributed by atoms with Crippen molar-refractivity contribution in [1.82, 2.24) is 5.01 Å². The van der Waals surface area contributed by atoms with Gasteiger partial charge in [-0.3, -0.25) is 9.80 Å². The molecule has 5 heteroatoms. The van der Waals surface area contributed by atoms with Gasteiger partial charge in [-0.25, -0.2) is 5.01 Å². The zero-order valence-electron chi connectivity index (χ0n) is 13.7. The average Bonchev–Trinajstić information content (AvgIpc) is 2.69. The molecule has 2 heterocycles. The van der Waals surface area contributed by atoms with Gasteiger partial charge in [0, 0.05) is 11.3 Å². The number of rotatable bonds is 3. The molecule has 1 aliphatic carbocycles. The van der Waals surface area contributed by atoms with Crippen LogP contribution in [0, 0.1) is 11.5 Å². The van der Waals surface area contributed by atoms with E-state index in [9.17, 15) is 10.1 Å². The van der Waals surface area contributed by atoms with Gasteiger partial charge in [-0.05, 0) is 49.2 Å². The van der Waals surface area contributed by atoms with Gasteiger partial charge in [0.2, 0.25) is 6.19 Å². The smallest absolute Gasteiger partial charge is 0.255 e. The van der Waals surface area contributed by atoms with Crippen molar-refractivity contribution in [2.24, 2.45) is 0 Å². The minimum Gasteiger partial charge on any atom is -0.322 e. The van der Waals surface area contributed by atoms with Gasteiger partial charge in [-0.1, -0.05) is 30.4 Å². The molecule has 0 spiro atoms. The lowest BCUT2D eigenvalue weighted by Gasteiger charge is -2.48. The second-order valence-corrected chi connectivity index (χ2v) is 6.25. The second kappa shape index (κ2) is 6.33. The molecule has 1 saturated heterocycles. The third kappa shape index (κ3) is 2.83. The molecule has 0 radical (unpaired) electrons. The zero-order valence-corrected chi connectivity index (χ0v) is 13.7. The van der Waals surface area contributed by atoms with Crippen molar-refractivity contribution in [1.29, 1.82) is 5.26 Å². The second-order valence-electron chi connectivity index (χ2n) is 6.25. The third-order valence-corrected chi connectivity index (χ3v) is 4.70. The van der Waals surface area contributed by atoms with Crippen LogP contribution in [0.2, 0.25) is 0 Å². The molecular weight excluding hydrogens is 312 g/mol. The van der Waals surface area contributed by atoms with Gasteiger partial charge in [0.05, 0.1) is 17.8 Å². The van der Waals surface area contributed by atoms with Crippen LogP contribution in [0.15, 0.2) is 66.7 Å². The molecule has 2 atom stereocenters. The van der Waals surface area contributed by atoms with Crippen molar-refractivity contribution in [3.63, 3.8) is 0 Å². The molecule has 2 bridgehead atoms. The molecule has 25 heavy (non-hydrogen) atoms. The Labute approximate surface area is 146 Å². The van der Waals surface area contributed by atoms with Crippen LogP contribution in [0.5, 0.6) is 0 Å². The van der Waals surface area contributed by atoms with Crippen LogP contribution in [-0.4, -0.2) is 23.0 Å². The summed E-state index contributed by atoms with van der Waals surface area (Å²) in [6.07, 6.45) is 8.64. The van der Waals surface area contributed by atoms with Gasteiger partial charge < -0.3 is 5.32 Å². The predicted molar refractivity (Wildman–Crippen MR) is 96.7 cm³/mol. The van der Waals surface area contributed by atoms with Crippen LogP contribution >= 0.6 is 0 Å². The van der Waals surface area contributed by atoms with E-state index in [-0.39, 0.29) is 18.0 Å². The Morgan fingerprint density at radius 1 is 1.00 bits per heavy atom. The first-order valence-corrected chi connectivity index (χ1v) is 8.39. The molecule has 5 rings (SSSR count). The van der Waals surface area contributed by atoms with E-state index in [0.29, 0.717) is 5.56 Å². The van der Waals surface area contributed by atoms with Crippen molar-refractivity contribution in [3.05, 3.63) is 72.3 Å². The first-order valence-electron chi connectivity index (χ1n) is 8.39. The average molecular weight is 330 g/mol. The molecule has 0 aromatic heterocycles. The first kappa shape index (κ1) is 15.3. The molecule has 1 N–H and O–H groups in total. The fraction of sp³-hybridized carbons (Fsp3) is 0.200. The molecule has 2 aromatic rings. The third-order valence-electron chi connectivity index (χ3n) is 4.70. The Morgan fingerprint density at radius 2 is 1.68 bits per heavy atom. The number of hydrazine groups is 1. The summed E-state index contributed by atoms with van der Waals surface area (Å²) in [4.78, 5) is 12.2. The quantitative estimate of drug-likeness (QED) is 0.691. The summed E-state index contributed by atoms with van der Waals surface area (Å²) >= 11 is 0. The fourth-order valence-corrected chi connectivity index (χ4v) is 3.45. The maximum atomic E-state index is 12.2. The summed E-state index contributed by atoms with van der Waals surface area (Å²) in [5.41, 5.74) is 2.32. The number of carbonyl (C=O) groups excluding carboxylic acids is 1. The predicted octanol–water partition coefficient (Wildman–Crippen LogP) is 3.54. The number of anilines is 2. The monoisotopic (exact) mass is 330 g/mol. The highest BCUT2D eigenvalue weighted by Crippen LogP contribution is 2.34. The van der Waals surface area contributed by atoms with Crippen LogP contribution in [0.4, 0.5) is 11.4 Å². The minimum atomic E-state index is -0.132. The summed E-state index contributed by atoms with van der Waals surface area (Å²) in [5.74, 6) is -0.132. The standard InChI is InChI=1S/C20H18N4O/c21-14-23-17-10-12-19(13-11-17)24(23)18-8-6-16(7-9-18)22-20(25)15-4-2-1-3-5-15/h1-10,12,17,19H,11,13H2,(H,22,25). The topological polar surface area (TPSA) is 59.4 Å². The van der Waals surface area contributed by atoms with E-state index in [2.05, 4.69) is 23.7 Å². The van der Waals surface area contributed by atoms with Crippen molar-refractivity contribution in [2.45, 2.75) is 24.9 Å². The lowest BCUT2D eigenvalue weighted by atomic mass is 9.94. The van der Waals surface area contributed by atoms with Crippen molar-refractivity contribution >= 4 is 17.3 Å². The van der Waals surface area contributed by atoms with Gasteiger partial charge in [-0.15, -0.1) is 0 Å². The van der Waals surface area contributed by atoms with E-state index in [1.54, 1.807) is 17.1 Å². The van der Waals surface area contributed by atoms with Crippen LogP contribution in [0.3, 0.4) is 0 Å². The largest absolute Gasteiger partial charge is 0.322 e. The molecule has 1 amide bonds. The van der Waals surface area contributed by atoms with E-state index in [0.717, 1.165) is 24.2 Å². The number of benzene rings is 2. The van der Waals surface area contributed by atoms with Gasteiger partial charge in [-0.2, -0.15) is 5.26 Å². The van der Waals surface area contributed by atoms with Gasteiger partial charge >= 0.3 is 0 Å². The number of amides is 1. The molecule has 1 fully saturated rings. The van der Waals surface area contributed by atoms with Crippen molar-refractivity contribution < 1.29 is 4.79 Å².